The predicted octanol–water partition coefficient (Wildman–Crippen LogP) is 2.74. The summed E-state index contributed by atoms with van der Waals surface area (Å²) < 4.78 is 0. The van der Waals surface area contributed by atoms with E-state index in [1.54, 1.807) is 23.1 Å². The molecule has 1 amide bonds. The molecule has 28 heavy (non-hydrogen) atoms. The molecule has 0 spiro atoms. The average Bonchev–Trinajstić information content (AvgIpc) is 3.03. The Kier molecular flexibility index (Phi) is 4.58. The molecule has 1 aliphatic carbocycles. The standard InChI is InChI=1S/C21H22N4O3/c1-3-25(11-17-22-14-8-5-4-7-13(14)20(27)24-17)21(28)19-12(2)18-15(23-19)9-6-10-16(18)26/h4-5,7-8,23H,3,6,9-11H2,1-2H3,(H,22,24,27). The highest BCUT2D eigenvalue weighted by Gasteiger charge is 2.28. The number of carbonyl (C=O) groups is 2. The first-order valence-electron chi connectivity index (χ1n) is 9.51. The zero-order chi connectivity index (χ0) is 19.8. The lowest BCUT2D eigenvalue weighted by Gasteiger charge is -2.20. The van der Waals surface area contributed by atoms with E-state index in [1.165, 1.54) is 0 Å². The van der Waals surface area contributed by atoms with Crippen molar-refractivity contribution in [2.24, 2.45) is 0 Å². The monoisotopic (exact) mass is 378 g/mol. The number of benzene rings is 1. The average molecular weight is 378 g/mol. The molecule has 2 heterocycles. The second-order valence-corrected chi connectivity index (χ2v) is 7.10. The highest BCUT2D eigenvalue weighted by atomic mass is 16.2. The number of carbonyl (C=O) groups excluding carboxylic acids is 2. The Bertz CT molecular complexity index is 1140. The number of ketones is 1. The van der Waals surface area contributed by atoms with Gasteiger partial charge in [-0.1, -0.05) is 12.1 Å². The summed E-state index contributed by atoms with van der Waals surface area (Å²) in [5, 5.41) is 0.520. The van der Waals surface area contributed by atoms with E-state index in [1.807, 2.05) is 19.9 Å². The normalized spacial score (nSPS) is 13.6. The van der Waals surface area contributed by atoms with Crippen LogP contribution in [0.4, 0.5) is 0 Å². The molecule has 3 aromatic rings. The maximum Gasteiger partial charge on any atom is 0.270 e. The summed E-state index contributed by atoms with van der Waals surface area (Å²) in [4.78, 5) is 49.7. The van der Waals surface area contributed by atoms with Crippen molar-refractivity contribution in [1.29, 1.82) is 0 Å². The molecule has 0 aliphatic heterocycles. The van der Waals surface area contributed by atoms with E-state index in [9.17, 15) is 14.4 Å². The summed E-state index contributed by atoms with van der Waals surface area (Å²) in [6.07, 6.45) is 2.11. The van der Waals surface area contributed by atoms with Gasteiger partial charge in [0.1, 0.15) is 11.5 Å². The van der Waals surface area contributed by atoms with Crippen LogP contribution >= 0.6 is 0 Å². The summed E-state index contributed by atoms with van der Waals surface area (Å²) in [5.74, 6) is 0.333. The number of nitrogens with zero attached hydrogens (tertiary/aromatic N) is 2. The van der Waals surface area contributed by atoms with Crippen LogP contribution in [-0.2, 0) is 13.0 Å². The lowest BCUT2D eigenvalue weighted by Crippen LogP contribution is -2.32. The van der Waals surface area contributed by atoms with Crippen molar-refractivity contribution in [2.45, 2.75) is 39.7 Å². The van der Waals surface area contributed by atoms with Gasteiger partial charge in [0.25, 0.3) is 11.5 Å². The number of para-hydroxylation sites is 1. The Labute approximate surface area is 161 Å². The Balaban J connectivity index is 1.66. The molecule has 2 N–H and O–H groups in total. The summed E-state index contributed by atoms with van der Waals surface area (Å²) in [5.41, 5.74) is 3.06. The van der Waals surface area contributed by atoms with Crippen molar-refractivity contribution in [1.82, 2.24) is 19.9 Å². The highest BCUT2D eigenvalue weighted by molar-refractivity contribution is 6.04. The maximum absolute atomic E-state index is 13.1. The Morgan fingerprint density at radius 1 is 1.18 bits per heavy atom. The first kappa shape index (κ1) is 18.2. The number of aromatic nitrogens is 3. The summed E-state index contributed by atoms with van der Waals surface area (Å²) >= 11 is 0. The third-order valence-electron chi connectivity index (χ3n) is 5.32. The third-order valence-corrected chi connectivity index (χ3v) is 5.32. The lowest BCUT2D eigenvalue weighted by molar-refractivity contribution is 0.0742. The van der Waals surface area contributed by atoms with Gasteiger partial charge in [0.2, 0.25) is 0 Å². The molecule has 7 heteroatoms. The smallest absolute Gasteiger partial charge is 0.270 e. The fourth-order valence-electron chi connectivity index (χ4n) is 3.86. The fourth-order valence-corrected chi connectivity index (χ4v) is 3.86. The van der Waals surface area contributed by atoms with Crippen LogP contribution in [0.5, 0.6) is 0 Å². The number of nitrogens with one attached hydrogen (secondary N) is 2. The number of amides is 1. The number of aryl methyl sites for hydroxylation is 1. The van der Waals surface area contributed by atoms with Crippen molar-refractivity contribution >= 4 is 22.6 Å². The van der Waals surface area contributed by atoms with Crippen LogP contribution < -0.4 is 5.56 Å². The van der Waals surface area contributed by atoms with Gasteiger partial charge < -0.3 is 14.9 Å². The molecule has 0 atom stereocenters. The predicted molar refractivity (Wildman–Crippen MR) is 106 cm³/mol. The van der Waals surface area contributed by atoms with Crippen LogP contribution in [-0.4, -0.2) is 38.1 Å². The van der Waals surface area contributed by atoms with E-state index in [4.69, 9.17) is 0 Å². The summed E-state index contributed by atoms with van der Waals surface area (Å²) in [6, 6.07) is 7.11. The fraction of sp³-hybridized carbons (Fsp3) is 0.333. The molecule has 0 unspecified atom stereocenters. The second-order valence-electron chi connectivity index (χ2n) is 7.10. The topological polar surface area (TPSA) is 98.9 Å². The van der Waals surface area contributed by atoms with Gasteiger partial charge in [-0.15, -0.1) is 0 Å². The number of aromatic amines is 2. The van der Waals surface area contributed by atoms with E-state index < -0.39 is 0 Å². The second kappa shape index (κ2) is 7.07. The van der Waals surface area contributed by atoms with Gasteiger partial charge in [0.05, 0.1) is 17.4 Å². The minimum absolute atomic E-state index is 0.0950. The first-order valence-corrected chi connectivity index (χ1v) is 9.51. The van der Waals surface area contributed by atoms with Crippen LogP contribution in [0, 0.1) is 6.92 Å². The van der Waals surface area contributed by atoms with Gasteiger partial charge in [-0.25, -0.2) is 4.98 Å². The minimum atomic E-state index is -0.221. The molecule has 7 nitrogen and oxygen atoms in total. The van der Waals surface area contributed by atoms with Crippen molar-refractivity contribution in [3.63, 3.8) is 0 Å². The van der Waals surface area contributed by atoms with Crippen LogP contribution in [0.3, 0.4) is 0 Å². The molecular weight excluding hydrogens is 356 g/mol. The van der Waals surface area contributed by atoms with Crippen LogP contribution in [0.1, 0.15) is 57.7 Å². The Morgan fingerprint density at radius 3 is 2.71 bits per heavy atom. The van der Waals surface area contributed by atoms with Gasteiger partial charge in [0.15, 0.2) is 5.78 Å². The maximum atomic E-state index is 13.1. The largest absolute Gasteiger partial charge is 0.354 e. The Morgan fingerprint density at radius 2 is 1.96 bits per heavy atom. The minimum Gasteiger partial charge on any atom is -0.354 e. The van der Waals surface area contributed by atoms with E-state index in [0.29, 0.717) is 46.5 Å². The number of H-pyrrole nitrogens is 2. The zero-order valence-electron chi connectivity index (χ0n) is 16.0. The van der Waals surface area contributed by atoms with Crippen LogP contribution in [0.15, 0.2) is 29.1 Å². The SMILES string of the molecule is CCN(Cc1nc2ccccc2c(=O)[nH]1)C(=O)c1[nH]c2c(c1C)C(=O)CCC2. The number of rotatable bonds is 4. The molecule has 2 aromatic heterocycles. The van der Waals surface area contributed by atoms with Gasteiger partial charge >= 0.3 is 0 Å². The molecule has 1 aliphatic rings. The number of hydrogen-bond acceptors (Lipinski definition) is 4. The van der Waals surface area contributed by atoms with Crippen molar-refractivity contribution in [3.8, 4) is 0 Å². The molecular formula is C21H22N4O3. The van der Waals surface area contributed by atoms with E-state index in [2.05, 4.69) is 15.0 Å². The molecule has 0 saturated heterocycles. The molecule has 144 valence electrons. The first-order chi connectivity index (χ1) is 13.5. The number of fused-ring (bicyclic) bond motifs is 2. The zero-order valence-corrected chi connectivity index (χ0v) is 16.0. The van der Waals surface area contributed by atoms with E-state index >= 15 is 0 Å². The molecule has 4 rings (SSSR count). The van der Waals surface area contributed by atoms with Crippen molar-refractivity contribution in [2.75, 3.05) is 6.54 Å². The van der Waals surface area contributed by atoms with Crippen LogP contribution in [0.2, 0.25) is 0 Å². The van der Waals surface area contributed by atoms with Gasteiger partial charge in [-0.2, -0.15) is 0 Å². The van der Waals surface area contributed by atoms with Crippen molar-refractivity contribution in [3.05, 3.63) is 63.0 Å². The molecule has 0 fully saturated rings. The highest BCUT2D eigenvalue weighted by Crippen LogP contribution is 2.27. The lowest BCUT2D eigenvalue weighted by atomic mass is 9.94. The summed E-state index contributed by atoms with van der Waals surface area (Å²) in [6.45, 7) is 4.33. The third kappa shape index (κ3) is 3.02. The molecule has 1 aromatic carbocycles. The number of hydrogen-bond donors (Lipinski definition) is 2. The molecule has 0 bridgehead atoms. The van der Waals surface area contributed by atoms with Crippen molar-refractivity contribution < 1.29 is 9.59 Å². The van der Waals surface area contributed by atoms with Gasteiger partial charge in [-0.05, 0) is 44.4 Å². The van der Waals surface area contributed by atoms with E-state index in [-0.39, 0.29) is 23.8 Å². The summed E-state index contributed by atoms with van der Waals surface area (Å²) in [7, 11) is 0. The van der Waals surface area contributed by atoms with Crippen LogP contribution in [0.25, 0.3) is 10.9 Å². The Hall–Kier alpha value is -3.22. The number of Topliss-reactive ketones (excluding diaryl/α,β-unsaturated/α-hetero) is 1. The molecule has 0 radical (unpaired) electrons. The quantitative estimate of drug-likeness (QED) is 0.729. The molecule has 0 saturated carbocycles. The van der Waals surface area contributed by atoms with E-state index in [0.717, 1.165) is 18.5 Å². The van der Waals surface area contributed by atoms with Gasteiger partial charge in [-0.3, -0.25) is 14.4 Å². The van der Waals surface area contributed by atoms with Gasteiger partial charge in [0, 0.05) is 24.2 Å².